The van der Waals surface area contributed by atoms with Gasteiger partial charge in [0.2, 0.25) is 0 Å². The van der Waals surface area contributed by atoms with E-state index >= 15 is 0 Å². The Balaban J connectivity index is 1.11. The molecule has 0 bridgehead atoms. The topological polar surface area (TPSA) is 0 Å². The van der Waals surface area contributed by atoms with Gasteiger partial charge in [-0.15, -0.1) is 0 Å². The molecule has 8 aromatic carbocycles. The molecule has 0 saturated heterocycles. The Morgan fingerprint density at radius 1 is 0.280 bits per heavy atom. The zero-order chi connectivity index (χ0) is 34.6. The molecule has 8 rings (SSSR count). The third kappa shape index (κ3) is 6.01. The number of benzene rings is 8. The van der Waals surface area contributed by atoms with E-state index in [0.717, 1.165) is 0 Å². The average Bonchev–Trinajstić information content (AvgIpc) is 3.13. The van der Waals surface area contributed by atoms with E-state index in [0.29, 0.717) is 0 Å². The Kier molecular flexibility index (Phi) is 7.72. The molecule has 0 amide bonds. The van der Waals surface area contributed by atoms with E-state index < -0.39 is 0 Å². The highest BCUT2D eigenvalue weighted by Gasteiger charge is 2.15. The van der Waals surface area contributed by atoms with E-state index in [4.69, 9.17) is 0 Å². The highest BCUT2D eigenvalue weighted by Crippen LogP contribution is 2.39. The minimum Gasteiger partial charge on any atom is -0.0616 e. The molecule has 0 atom stereocenters. The van der Waals surface area contributed by atoms with Crippen LogP contribution in [0.15, 0.2) is 158 Å². The maximum absolute atomic E-state index is 2.34. The first-order valence-corrected chi connectivity index (χ1v) is 17.8. The van der Waals surface area contributed by atoms with Crippen LogP contribution in [0.2, 0.25) is 0 Å². The van der Waals surface area contributed by atoms with Crippen LogP contribution in [-0.2, 0) is 10.8 Å². The van der Waals surface area contributed by atoms with Crippen molar-refractivity contribution >= 4 is 32.3 Å². The van der Waals surface area contributed by atoms with Gasteiger partial charge in [0.15, 0.2) is 0 Å². The third-order valence-electron chi connectivity index (χ3n) is 10.4. The molecule has 244 valence electrons. The second-order valence-corrected chi connectivity index (χ2v) is 15.9. The van der Waals surface area contributed by atoms with E-state index in [2.05, 4.69) is 199 Å². The Labute approximate surface area is 297 Å². The molecule has 0 radical (unpaired) electrons. The number of fused-ring (bicyclic) bond motifs is 3. The van der Waals surface area contributed by atoms with Crippen molar-refractivity contribution in [1.82, 2.24) is 0 Å². The first-order chi connectivity index (χ1) is 24.0. The lowest BCUT2D eigenvalue weighted by Gasteiger charge is -2.19. The molecule has 0 fully saturated rings. The Morgan fingerprint density at radius 2 is 0.580 bits per heavy atom. The van der Waals surface area contributed by atoms with Crippen LogP contribution in [0, 0.1) is 0 Å². The van der Waals surface area contributed by atoms with E-state index in [1.54, 1.807) is 0 Å². The van der Waals surface area contributed by atoms with Crippen LogP contribution in [0.1, 0.15) is 52.7 Å². The van der Waals surface area contributed by atoms with Crippen molar-refractivity contribution in [2.75, 3.05) is 0 Å². The highest BCUT2D eigenvalue weighted by molar-refractivity contribution is 6.07. The molecular weight excluding hydrogens is 601 g/mol. The summed E-state index contributed by atoms with van der Waals surface area (Å²) >= 11 is 0. The standard InChI is InChI=1S/C50H44/c1-49(2,3)43-23-19-33(20-24-43)35-11-13-39-31-41(17-15-37(39)29-35)45-27-28-46(48-10-8-7-9-47(45)48)42-18-16-38-30-36(12-14-40(38)32-42)34-21-25-44(26-22-34)50(4,5)6/h7-32H,1-6H3. The first-order valence-electron chi connectivity index (χ1n) is 17.8. The normalized spacial score (nSPS) is 12.2. The number of hydrogen-bond donors (Lipinski definition) is 0. The maximum atomic E-state index is 2.34. The third-order valence-corrected chi connectivity index (χ3v) is 10.4. The molecule has 50 heavy (non-hydrogen) atoms. The Morgan fingerprint density at radius 3 is 0.920 bits per heavy atom. The number of rotatable bonds is 4. The lowest BCUT2D eigenvalue weighted by molar-refractivity contribution is 0.590. The fraction of sp³-hybridized carbons (Fsp3) is 0.160. The lowest BCUT2D eigenvalue weighted by Crippen LogP contribution is -2.10. The Hall–Kier alpha value is -5.46. The van der Waals surface area contributed by atoms with Gasteiger partial charge in [-0.2, -0.15) is 0 Å². The minimum absolute atomic E-state index is 0.154. The van der Waals surface area contributed by atoms with Gasteiger partial charge in [-0.25, -0.2) is 0 Å². The van der Waals surface area contributed by atoms with E-state index in [1.807, 2.05) is 0 Å². The van der Waals surface area contributed by atoms with Crippen LogP contribution in [0.25, 0.3) is 76.8 Å². The maximum Gasteiger partial charge on any atom is -0.00992 e. The van der Waals surface area contributed by atoms with Crippen LogP contribution in [0.4, 0.5) is 0 Å². The molecule has 0 unspecified atom stereocenters. The van der Waals surface area contributed by atoms with Gasteiger partial charge in [0.25, 0.3) is 0 Å². The molecule has 0 aliphatic heterocycles. The smallest absolute Gasteiger partial charge is 0.00992 e. The summed E-state index contributed by atoms with van der Waals surface area (Å²) in [5, 5.41) is 7.57. The van der Waals surface area contributed by atoms with Gasteiger partial charge in [0, 0.05) is 0 Å². The molecule has 8 aromatic rings. The number of hydrogen-bond acceptors (Lipinski definition) is 0. The molecule has 0 spiro atoms. The summed E-state index contributed by atoms with van der Waals surface area (Å²) in [6, 6.07) is 59.0. The minimum atomic E-state index is 0.154. The summed E-state index contributed by atoms with van der Waals surface area (Å²) in [6.07, 6.45) is 0. The van der Waals surface area contributed by atoms with Crippen LogP contribution in [-0.4, -0.2) is 0 Å². The van der Waals surface area contributed by atoms with Crippen molar-refractivity contribution in [3.05, 3.63) is 169 Å². The van der Waals surface area contributed by atoms with Gasteiger partial charge < -0.3 is 0 Å². The van der Waals surface area contributed by atoms with Gasteiger partial charge >= 0.3 is 0 Å². The fourth-order valence-electron chi connectivity index (χ4n) is 7.31. The molecular formula is C50H44. The van der Waals surface area contributed by atoms with Gasteiger partial charge in [0.05, 0.1) is 0 Å². The molecule has 0 aromatic heterocycles. The molecule has 0 saturated carbocycles. The summed E-state index contributed by atoms with van der Waals surface area (Å²) in [5.74, 6) is 0. The highest BCUT2D eigenvalue weighted by atomic mass is 14.2. The van der Waals surface area contributed by atoms with E-state index in [-0.39, 0.29) is 10.8 Å². The summed E-state index contributed by atoms with van der Waals surface area (Å²) < 4.78 is 0. The second-order valence-electron chi connectivity index (χ2n) is 15.9. The van der Waals surface area contributed by atoms with Gasteiger partial charge in [-0.05, 0) is 123 Å². The predicted molar refractivity (Wildman–Crippen MR) is 218 cm³/mol. The average molecular weight is 645 g/mol. The quantitative estimate of drug-likeness (QED) is 0.179. The molecule has 0 N–H and O–H groups in total. The Bertz CT molecular complexity index is 2340. The van der Waals surface area contributed by atoms with Crippen LogP contribution >= 0.6 is 0 Å². The van der Waals surface area contributed by atoms with E-state index in [9.17, 15) is 0 Å². The summed E-state index contributed by atoms with van der Waals surface area (Å²) in [4.78, 5) is 0. The van der Waals surface area contributed by atoms with Crippen molar-refractivity contribution in [1.29, 1.82) is 0 Å². The zero-order valence-electron chi connectivity index (χ0n) is 30.0. The largest absolute Gasteiger partial charge is 0.0616 e. The van der Waals surface area contributed by atoms with Crippen LogP contribution in [0.3, 0.4) is 0 Å². The molecule has 0 aliphatic rings. The fourth-order valence-corrected chi connectivity index (χ4v) is 7.31. The zero-order valence-corrected chi connectivity index (χ0v) is 30.0. The van der Waals surface area contributed by atoms with Gasteiger partial charge in [-0.1, -0.05) is 175 Å². The molecule has 0 heterocycles. The van der Waals surface area contributed by atoms with Crippen molar-refractivity contribution in [2.45, 2.75) is 52.4 Å². The van der Waals surface area contributed by atoms with Crippen molar-refractivity contribution < 1.29 is 0 Å². The summed E-state index contributed by atoms with van der Waals surface area (Å²) in [7, 11) is 0. The van der Waals surface area contributed by atoms with Gasteiger partial charge in [0.1, 0.15) is 0 Å². The van der Waals surface area contributed by atoms with Crippen molar-refractivity contribution in [3.63, 3.8) is 0 Å². The SMILES string of the molecule is CC(C)(C)c1ccc(-c2ccc3cc(-c4ccc(-c5ccc6cc(-c7ccc(C(C)(C)C)cc7)ccc6c5)c5ccccc45)ccc3c2)cc1. The van der Waals surface area contributed by atoms with Crippen LogP contribution in [0.5, 0.6) is 0 Å². The van der Waals surface area contributed by atoms with Crippen LogP contribution < -0.4 is 0 Å². The molecule has 0 nitrogen and oxygen atoms in total. The summed E-state index contributed by atoms with van der Waals surface area (Å²) in [5.41, 5.74) is 13.0. The molecule has 0 heteroatoms. The predicted octanol–water partition coefficient (Wildman–Crippen LogP) is 14.4. The van der Waals surface area contributed by atoms with Crippen molar-refractivity contribution in [3.8, 4) is 44.5 Å². The van der Waals surface area contributed by atoms with Gasteiger partial charge in [-0.3, -0.25) is 0 Å². The second kappa shape index (κ2) is 12.1. The molecule has 0 aliphatic carbocycles. The monoisotopic (exact) mass is 644 g/mol. The summed E-state index contributed by atoms with van der Waals surface area (Å²) in [6.45, 7) is 13.6. The first kappa shape index (κ1) is 31.8. The van der Waals surface area contributed by atoms with Crippen molar-refractivity contribution in [2.24, 2.45) is 0 Å². The lowest BCUT2D eigenvalue weighted by atomic mass is 9.86. The van der Waals surface area contributed by atoms with E-state index in [1.165, 1.54) is 88.0 Å².